The number of morpholine rings is 2. The molecular weight excluding hydrogens is 530 g/mol. The highest BCUT2D eigenvalue weighted by molar-refractivity contribution is 5.90. The van der Waals surface area contributed by atoms with Crippen molar-refractivity contribution < 1.29 is 14.2 Å². The average molecular weight is 578 g/mol. The Morgan fingerprint density at radius 2 is 1.69 bits per heavy atom. The molecule has 5 rings (SSSR count). The Morgan fingerprint density at radius 3 is 2.38 bits per heavy atom. The molecule has 3 aromatic rings. The standard InChI is InChI=1S/C32H47N7O3/c1-6-37(7-2)14-8-13-33-20-26-19-25(9-12-29(26)40-5)28-11-10-27-30(34-28)35-32(39-16-18-42-22-24(39)4)36-31(27)38-15-17-41-21-23(38)3/h9-12,19,23-24,33H,6-8,13-18,20-22H2,1-5H3/t23-,24-/m0/s1. The number of anilines is 2. The number of hydrogen-bond acceptors (Lipinski definition) is 10. The van der Waals surface area contributed by atoms with E-state index in [4.69, 9.17) is 29.2 Å². The van der Waals surface area contributed by atoms with Gasteiger partial charge in [-0.25, -0.2) is 4.98 Å². The van der Waals surface area contributed by atoms with Crippen LogP contribution in [0.3, 0.4) is 0 Å². The lowest BCUT2D eigenvalue weighted by molar-refractivity contribution is 0.0973. The van der Waals surface area contributed by atoms with E-state index in [1.807, 2.05) is 6.07 Å². The summed E-state index contributed by atoms with van der Waals surface area (Å²) in [7, 11) is 1.73. The van der Waals surface area contributed by atoms with E-state index in [1.54, 1.807) is 7.11 Å². The molecule has 2 aromatic heterocycles. The van der Waals surface area contributed by atoms with Crippen LogP contribution in [0, 0.1) is 0 Å². The minimum atomic E-state index is 0.193. The van der Waals surface area contributed by atoms with Crippen LogP contribution in [0.15, 0.2) is 30.3 Å². The molecule has 4 heterocycles. The molecule has 0 amide bonds. The summed E-state index contributed by atoms with van der Waals surface area (Å²) in [6.07, 6.45) is 1.11. The zero-order valence-electron chi connectivity index (χ0n) is 25.9. The molecule has 0 saturated carbocycles. The third-order valence-electron chi connectivity index (χ3n) is 8.41. The summed E-state index contributed by atoms with van der Waals surface area (Å²) in [4.78, 5) is 22.3. The quantitative estimate of drug-likeness (QED) is 0.319. The molecular formula is C32H47N7O3. The monoisotopic (exact) mass is 577 g/mol. The molecule has 2 saturated heterocycles. The summed E-state index contributed by atoms with van der Waals surface area (Å²) >= 11 is 0. The molecule has 0 radical (unpaired) electrons. The third-order valence-corrected chi connectivity index (χ3v) is 8.41. The van der Waals surface area contributed by atoms with Gasteiger partial charge in [0, 0.05) is 30.8 Å². The highest BCUT2D eigenvalue weighted by atomic mass is 16.5. The van der Waals surface area contributed by atoms with Crippen LogP contribution in [0.4, 0.5) is 11.8 Å². The predicted octanol–water partition coefficient (Wildman–Crippen LogP) is 3.97. The lowest BCUT2D eigenvalue weighted by atomic mass is 10.1. The first-order valence-electron chi connectivity index (χ1n) is 15.5. The first kappa shape index (κ1) is 30.4. The van der Waals surface area contributed by atoms with Crippen LogP contribution in [-0.2, 0) is 16.0 Å². The zero-order chi connectivity index (χ0) is 29.5. The molecule has 2 aliphatic heterocycles. The summed E-state index contributed by atoms with van der Waals surface area (Å²) in [5.41, 5.74) is 3.75. The number of benzene rings is 1. The maximum atomic E-state index is 5.73. The first-order chi connectivity index (χ1) is 20.5. The molecule has 2 atom stereocenters. The second kappa shape index (κ2) is 14.4. The third kappa shape index (κ3) is 6.94. The van der Waals surface area contributed by atoms with Crippen LogP contribution in [0.25, 0.3) is 22.3 Å². The van der Waals surface area contributed by atoms with E-state index >= 15 is 0 Å². The number of hydrogen-bond donors (Lipinski definition) is 1. The van der Waals surface area contributed by atoms with E-state index in [-0.39, 0.29) is 12.1 Å². The van der Waals surface area contributed by atoms with Crippen LogP contribution in [0.1, 0.15) is 39.7 Å². The molecule has 0 spiro atoms. The van der Waals surface area contributed by atoms with E-state index in [2.05, 4.69) is 72.0 Å². The van der Waals surface area contributed by atoms with E-state index in [1.165, 1.54) is 0 Å². The van der Waals surface area contributed by atoms with Gasteiger partial charge in [0.15, 0.2) is 5.65 Å². The Hall–Kier alpha value is -3.05. The SMILES string of the molecule is CCN(CC)CCCNCc1cc(-c2ccc3c(N4CCOC[C@@H]4C)nc(N4CCOC[C@@H]4C)nc3n2)ccc1OC. The summed E-state index contributed by atoms with van der Waals surface area (Å²) in [6.45, 7) is 18.0. The number of rotatable bonds is 12. The van der Waals surface area contributed by atoms with Gasteiger partial charge in [-0.3, -0.25) is 0 Å². The first-order valence-corrected chi connectivity index (χ1v) is 15.5. The number of aromatic nitrogens is 3. The van der Waals surface area contributed by atoms with Gasteiger partial charge < -0.3 is 34.2 Å². The molecule has 1 aromatic carbocycles. The van der Waals surface area contributed by atoms with Gasteiger partial charge in [-0.1, -0.05) is 13.8 Å². The van der Waals surface area contributed by atoms with Gasteiger partial charge in [0.2, 0.25) is 5.95 Å². The second-order valence-corrected chi connectivity index (χ2v) is 11.2. The van der Waals surface area contributed by atoms with Gasteiger partial charge in [0.25, 0.3) is 0 Å². The van der Waals surface area contributed by atoms with Crippen molar-refractivity contribution in [1.29, 1.82) is 0 Å². The summed E-state index contributed by atoms with van der Waals surface area (Å²) in [5, 5.41) is 4.56. The normalized spacial score (nSPS) is 19.6. The van der Waals surface area contributed by atoms with Gasteiger partial charge in [0.05, 0.1) is 56.7 Å². The minimum absolute atomic E-state index is 0.193. The number of ether oxygens (including phenoxy) is 3. The van der Waals surface area contributed by atoms with Crippen molar-refractivity contribution in [2.24, 2.45) is 0 Å². The number of nitrogens with zero attached hydrogens (tertiary/aromatic N) is 6. The van der Waals surface area contributed by atoms with Crippen molar-refractivity contribution in [3.8, 4) is 17.0 Å². The molecule has 1 N–H and O–H groups in total. The van der Waals surface area contributed by atoms with E-state index < -0.39 is 0 Å². The molecule has 2 fully saturated rings. The largest absolute Gasteiger partial charge is 0.496 e. The summed E-state index contributed by atoms with van der Waals surface area (Å²) in [6, 6.07) is 10.9. The topological polar surface area (TPSA) is 88.1 Å². The van der Waals surface area contributed by atoms with Gasteiger partial charge in [-0.15, -0.1) is 0 Å². The summed E-state index contributed by atoms with van der Waals surface area (Å²) < 4.78 is 17.1. The Kier molecular flexibility index (Phi) is 10.4. The highest BCUT2D eigenvalue weighted by Gasteiger charge is 2.27. The number of pyridine rings is 1. The van der Waals surface area contributed by atoms with Gasteiger partial charge in [0.1, 0.15) is 11.6 Å². The van der Waals surface area contributed by atoms with Crippen molar-refractivity contribution in [2.75, 3.05) is 82.6 Å². The van der Waals surface area contributed by atoms with Crippen LogP contribution in [0.5, 0.6) is 5.75 Å². The van der Waals surface area contributed by atoms with Crippen LogP contribution in [-0.4, -0.2) is 105 Å². The molecule has 0 unspecified atom stereocenters. The number of methoxy groups -OCH3 is 1. The maximum Gasteiger partial charge on any atom is 0.229 e. The fourth-order valence-electron chi connectivity index (χ4n) is 5.82. The average Bonchev–Trinajstić information content (AvgIpc) is 3.02. The van der Waals surface area contributed by atoms with E-state index in [0.29, 0.717) is 38.0 Å². The lowest BCUT2D eigenvalue weighted by Gasteiger charge is -2.37. The van der Waals surface area contributed by atoms with E-state index in [9.17, 15) is 0 Å². The van der Waals surface area contributed by atoms with Crippen molar-refractivity contribution >= 4 is 22.8 Å². The van der Waals surface area contributed by atoms with Crippen LogP contribution in [0.2, 0.25) is 0 Å². The highest BCUT2D eigenvalue weighted by Crippen LogP contribution is 2.32. The molecule has 42 heavy (non-hydrogen) atoms. The fraction of sp³-hybridized carbons (Fsp3) is 0.594. The van der Waals surface area contributed by atoms with Gasteiger partial charge in [-0.05, 0) is 76.8 Å². The van der Waals surface area contributed by atoms with Crippen LogP contribution < -0.4 is 19.9 Å². The zero-order valence-corrected chi connectivity index (χ0v) is 25.9. The Balaban J connectivity index is 1.44. The number of fused-ring (bicyclic) bond motifs is 1. The van der Waals surface area contributed by atoms with Crippen LogP contribution >= 0.6 is 0 Å². The predicted molar refractivity (Wildman–Crippen MR) is 169 cm³/mol. The molecule has 10 nitrogen and oxygen atoms in total. The summed E-state index contributed by atoms with van der Waals surface area (Å²) in [5.74, 6) is 2.51. The van der Waals surface area contributed by atoms with Crippen molar-refractivity contribution in [3.05, 3.63) is 35.9 Å². The van der Waals surface area contributed by atoms with Crippen molar-refractivity contribution in [1.82, 2.24) is 25.2 Å². The van der Waals surface area contributed by atoms with Crippen molar-refractivity contribution in [2.45, 2.75) is 52.7 Å². The molecule has 10 heteroatoms. The van der Waals surface area contributed by atoms with Gasteiger partial charge >= 0.3 is 0 Å². The van der Waals surface area contributed by atoms with Crippen molar-refractivity contribution in [3.63, 3.8) is 0 Å². The lowest BCUT2D eigenvalue weighted by Crippen LogP contribution is -2.46. The van der Waals surface area contributed by atoms with E-state index in [0.717, 1.165) is 86.0 Å². The smallest absolute Gasteiger partial charge is 0.229 e. The Morgan fingerprint density at radius 1 is 0.952 bits per heavy atom. The minimum Gasteiger partial charge on any atom is -0.496 e. The molecule has 0 bridgehead atoms. The maximum absolute atomic E-state index is 5.73. The molecule has 228 valence electrons. The second-order valence-electron chi connectivity index (χ2n) is 11.2. The molecule has 2 aliphatic rings. The Labute approximate surface area is 250 Å². The fourth-order valence-corrected chi connectivity index (χ4v) is 5.82. The Bertz CT molecular complexity index is 1320. The number of nitrogens with one attached hydrogen (secondary N) is 1. The van der Waals surface area contributed by atoms with Gasteiger partial charge in [-0.2, -0.15) is 9.97 Å². The molecule has 0 aliphatic carbocycles.